The summed E-state index contributed by atoms with van der Waals surface area (Å²) >= 11 is 0. The molecule has 1 atom stereocenters. The quantitative estimate of drug-likeness (QED) is 0.837. The molecule has 2 saturated heterocycles. The summed E-state index contributed by atoms with van der Waals surface area (Å²) in [5.74, 6) is 0.909. The zero-order valence-electron chi connectivity index (χ0n) is 14.0. The minimum absolute atomic E-state index is 0.139. The van der Waals surface area contributed by atoms with Gasteiger partial charge in [0.15, 0.2) is 6.61 Å². The third kappa shape index (κ3) is 4.71. The van der Waals surface area contributed by atoms with Gasteiger partial charge in [0.25, 0.3) is 5.91 Å². The molecule has 0 N–H and O–H groups in total. The molecular weight excluding hydrogens is 288 g/mol. The van der Waals surface area contributed by atoms with Crippen molar-refractivity contribution in [2.45, 2.75) is 44.6 Å². The fraction of sp³-hybridized carbons (Fsp3) is 0.632. The van der Waals surface area contributed by atoms with Crippen molar-refractivity contribution >= 4 is 5.91 Å². The van der Waals surface area contributed by atoms with Gasteiger partial charge in [0.2, 0.25) is 0 Å². The van der Waals surface area contributed by atoms with Gasteiger partial charge in [-0.3, -0.25) is 4.79 Å². The molecule has 0 saturated carbocycles. The van der Waals surface area contributed by atoms with Gasteiger partial charge < -0.3 is 14.5 Å². The Morgan fingerprint density at radius 3 is 2.52 bits per heavy atom. The second-order valence-electron chi connectivity index (χ2n) is 6.70. The van der Waals surface area contributed by atoms with Crippen molar-refractivity contribution < 1.29 is 9.53 Å². The molecule has 0 bridgehead atoms. The maximum atomic E-state index is 12.7. The van der Waals surface area contributed by atoms with E-state index in [1.54, 1.807) is 0 Å². The summed E-state index contributed by atoms with van der Waals surface area (Å²) in [5.41, 5.74) is 0. The highest BCUT2D eigenvalue weighted by molar-refractivity contribution is 5.78. The van der Waals surface area contributed by atoms with E-state index in [-0.39, 0.29) is 12.5 Å². The molecule has 126 valence electrons. The second kappa shape index (κ2) is 8.34. The van der Waals surface area contributed by atoms with E-state index in [0.29, 0.717) is 6.04 Å². The van der Waals surface area contributed by atoms with Crippen molar-refractivity contribution in [3.05, 3.63) is 30.3 Å². The first-order valence-electron chi connectivity index (χ1n) is 9.02. The zero-order chi connectivity index (χ0) is 15.9. The molecule has 1 aromatic carbocycles. The summed E-state index contributed by atoms with van der Waals surface area (Å²) in [5, 5.41) is 0. The summed E-state index contributed by atoms with van der Waals surface area (Å²) in [6.07, 6.45) is 7.33. The molecule has 0 aliphatic carbocycles. The van der Waals surface area contributed by atoms with Crippen LogP contribution >= 0.6 is 0 Å². The summed E-state index contributed by atoms with van der Waals surface area (Å²) in [6, 6.07) is 9.98. The van der Waals surface area contributed by atoms with Crippen LogP contribution < -0.4 is 4.74 Å². The molecule has 4 nitrogen and oxygen atoms in total. The van der Waals surface area contributed by atoms with Crippen LogP contribution in [-0.2, 0) is 4.79 Å². The number of carbonyl (C=O) groups excluding carboxylic acids is 1. The Balaban J connectivity index is 1.57. The standard InChI is InChI=1S/C19H28N2O2/c22-19(16-23-18-10-4-1-5-11-18)21-14-6-2-3-9-17(21)15-20-12-7-8-13-20/h1,4-5,10-11,17H,2-3,6-9,12-16H2. The van der Waals surface area contributed by atoms with Crippen LogP contribution in [0.5, 0.6) is 5.75 Å². The average Bonchev–Trinajstić information content (AvgIpc) is 2.98. The van der Waals surface area contributed by atoms with E-state index in [4.69, 9.17) is 4.74 Å². The molecule has 2 aliphatic heterocycles. The molecule has 2 fully saturated rings. The lowest BCUT2D eigenvalue weighted by atomic mass is 10.1. The van der Waals surface area contributed by atoms with Gasteiger partial charge in [0.05, 0.1) is 0 Å². The van der Waals surface area contributed by atoms with Crippen molar-refractivity contribution in [3.8, 4) is 5.75 Å². The topological polar surface area (TPSA) is 32.8 Å². The first kappa shape index (κ1) is 16.3. The van der Waals surface area contributed by atoms with Gasteiger partial charge in [-0.1, -0.05) is 31.0 Å². The zero-order valence-corrected chi connectivity index (χ0v) is 14.0. The number of likely N-dealkylation sites (tertiary alicyclic amines) is 2. The minimum Gasteiger partial charge on any atom is -0.484 e. The molecule has 0 aromatic heterocycles. The number of amides is 1. The molecule has 2 aliphatic rings. The number of ether oxygens (including phenoxy) is 1. The van der Waals surface area contributed by atoms with Crippen LogP contribution in [0.15, 0.2) is 30.3 Å². The number of hydrogen-bond acceptors (Lipinski definition) is 3. The average molecular weight is 316 g/mol. The molecule has 3 rings (SSSR count). The highest BCUT2D eigenvalue weighted by Gasteiger charge is 2.28. The number of nitrogens with zero attached hydrogens (tertiary/aromatic N) is 2. The molecular formula is C19H28N2O2. The molecule has 1 amide bonds. The molecule has 1 aromatic rings. The van der Waals surface area contributed by atoms with E-state index < -0.39 is 0 Å². The van der Waals surface area contributed by atoms with Crippen LogP contribution in [0, 0.1) is 0 Å². The fourth-order valence-corrected chi connectivity index (χ4v) is 3.70. The SMILES string of the molecule is O=C(COc1ccccc1)N1CCCCCC1CN1CCCC1. The van der Waals surface area contributed by atoms with Crippen molar-refractivity contribution in [1.29, 1.82) is 0 Å². The Kier molecular flexibility index (Phi) is 5.92. The van der Waals surface area contributed by atoms with Crippen LogP contribution in [-0.4, -0.2) is 54.5 Å². The van der Waals surface area contributed by atoms with E-state index in [0.717, 1.165) is 31.7 Å². The Bertz CT molecular complexity index is 485. The summed E-state index contributed by atoms with van der Waals surface area (Å²) in [7, 11) is 0. The van der Waals surface area contributed by atoms with Crippen molar-refractivity contribution in [3.63, 3.8) is 0 Å². The number of carbonyl (C=O) groups is 1. The highest BCUT2D eigenvalue weighted by atomic mass is 16.5. The largest absolute Gasteiger partial charge is 0.484 e. The first-order valence-corrected chi connectivity index (χ1v) is 9.02. The maximum Gasteiger partial charge on any atom is 0.260 e. The van der Waals surface area contributed by atoms with Gasteiger partial charge in [0, 0.05) is 19.1 Å². The number of hydrogen-bond donors (Lipinski definition) is 0. The Hall–Kier alpha value is -1.55. The van der Waals surface area contributed by atoms with Crippen molar-refractivity contribution in [1.82, 2.24) is 9.80 Å². The van der Waals surface area contributed by atoms with Crippen LogP contribution in [0.3, 0.4) is 0 Å². The van der Waals surface area contributed by atoms with Gasteiger partial charge in [0.1, 0.15) is 5.75 Å². The third-order valence-corrected chi connectivity index (χ3v) is 4.97. The monoisotopic (exact) mass is 316 g/mol. The Morgan fingerprint density at radius 1 is 1.00 bits per heavy atom. The molecule has 4 heteroatoms. The van der Waals surface area contributed by atoms with Crippen molar-refractivity contribution in [2.75, 3.05) is 32.8 Å². The highest BCUT2D eigenvalue weighted by Crippen LogP contribution is 2.20. The van der Waals surface area contributed by atoms with Crippen LogP contribution in [0.2, 0.25) is 0 Å². The summed E-state index contributed by atoms with van der Waals surface area (Å²) < 4.78 is 5.68. The predicted octanol–water partition coefficient (Wildman–Crippen LogP) is 2.93. The number of benzene rings is 1. The lowest BCUT2D eigenvalue weighted by Crippen LogP contribution is -2.47. The van der Waals surface area contributed by atoms with Crippen molar-refractivity contribution in [2.24, 2.45) is 0 Å². The normalized spacial score (nSPS) is 22.8. The smallest absolute Gasteiger partial charge is 0.260 e. The Labute approximate surface area is 139 Å². The van der Waals surface area contributed by atoms with E-state index in [2.05, 4.69) is 9.80 Å². The lowest BCUT2D eigenvalue weighted by molar-refractivity contribution is -0.136. The van der Waals surface area contributed by atoms with Gasteiger partial charge >= 0.3 is 0 Å². The van der Waals surface area contributed by atoms with Crippen LogP contribution in [0.25, 0.3) is 0 Å². The molecule has 1 unspecified atom stereocenters. The maximum absolute atomic E-state index is 12.7. The minimum atomic E-state index is 0.139. The van der Waals surface area contributed by atoms with E-state index in [1.807, 2.05) is 30.3 Å². The van der Waals surface area contributed by atoms with Gasteiger partial charge in [-0.05, 0) is 50.9 Å². The second-order valence-corrected chi connectivity index (χ2v) is 6.70. The first-order chi connectivity index (χ1) is 11.3. The molecule has 2 heterocycles. The van der Waals surface area contributed by atoms with Crippen LogP contribution in [0.4, 0.5) is 0 Å². The lowest BCUT2D eigenvalue weighted by Gasteiger charge is -2.33. The van der Waals surface area contributed by atoms with E-state index >= 15 is 0 Å². The molecule has 0 radical (unpaired) electrons. The van der Waals surface area contributed by atoms with E-state index in [1.165, 1.54) is 38.8 Å². The van der Waals surface area contributed by atoms with Gasteiger partial charge in [-0.15, -0.1) is 0 Å². The Morgan fingerprint density at radius 2 is 1.74 bits per heavy atom. The van der Waals surface area contributed by atoms with Gasteiger partial charge in [-0.25, -0.2) is 0 Å². The summed E-state index contributed by atoms with van der Waals surface area (Å²) in [6.45, 7) is 4.46. The predicted molar refractivity (Wildman–Crippen MR) is 91.6 cm³/mol. The molecule has 23 heavy (non-hydrogen) atoms. The number of para-hydroxylation sites is 1. The van der Waals surface area contributed by atoms with Crippen LogP contribution in [0.1, 0.15) is 38.5 Å². The summed E-state index contributed by atoms with van der Waals surface area (Å²) in [4.78, 5) is 17.3. The fourth-order valence-electron chi connectivity index (χ4n) is 3.70. The number of rotatable bonds is 5. The third-order valence-electron chi connectivity index (χ3n) is 4.97. The molecule has 0 spiro atoms. The van der Waals surface area contributed by atoms with E-state index in [9.17, 15) is 4.79 Å². The van der Waals surface area contributed by atoms with Gasteiger partial charge in [-0.2, -0.15) is 0 Å².